The summed E-state index contributed by atoms with van der Waals surface area (Å²) < 4.78 is 1.83. The molecule has 0 aliphatic rings. The highest BCUT2D eigenvalue weighted by atomic mass is 35.5. The molecular formula is C13H14ClN3O. The summed E-state index contributed by atoms with van der Waals surface area (Å²) in [6.45, 7) is 4.04. The third-order valence-electron chi connectivity index (χ3n) is 2.51. The Morgan fingerprint density at radius 1 is 1.44 bits per heavy atom. The first-order valence-corrected chi connectivity index (χ1v) is 5.99. The molecule has 0 spiro atoms. The Balaban J connectivity index is 2.19. The van der Waals surface area contributed by atoms with E-state index in [1.54, 1.807) is 0 Å². The smallest absolute Gasteiger partial charge is 0.222 e. The molecule has 0 saturated heterocycles. The Morgan fingerprint density at radius 3 is 2.89 bits per heavy atom. The molecule has 2 aromatic rings. The first-order valence-electron chi connectivity index (χ1n) is 5.61. The molecule has 0 atom stereocenters. The Morgan fingerprint density at radius 2 is 2.22 bits per heavy atom. The summed E-state index contributed by atoms with van der Waals surface area (Å²) in [6.07, 6.45) is 0. The van der Waals surface area contributed by atoms with E-state index in [4.69, 9.17) is 11.6 Å². The van der Waals surface area contributed by atoms with Gasteiger partial charge in [0.15, 0.2) is 5.82 Å². The number of rotatable bonds is 3. The quantitative estimate of drug-likeness (QED) is 0.926. The standard InChI is InChI=1S/C13H14ClN3O/c1-9-6-13(15-10(2)18)16-17(9)8-11-4-3-5-12(14)7-11/h3-7H,8H2,1-2H3,(H,15,16,18). The van der Waals surface area contributed by atoms with Gasteiger partial charge in [-0.15, -0.1) is 0 Å². The number of aromatic nitrogens is 2. The van der Waals surface area contributed by atoms with Gasteiger partial charge < -0.3 is 5.32 Å². The molecule has 0 aliphatic carbocycles. The van der Waals surface area contributed by atoms with E-state index in [-0.39, 0.29) is 5.91 Å². The third-order valence-corrected chi connectivity index (χ3v) is 2.74. The van der Waals surface area contributed by atoms with E-state index >= 15 is 0 Å². The highest BCUT2D eigenvalue weighted by molar-refractivity contribution is 6.30. The normalized spacial score (nSPS) is 10.4. The molecule has 1 amide bonds. The van der Waals surface area contributed by atoms with E-state index in [2.05, 4.69) is 10.4 Å². The number of carbonyl (C=O) groups excluding carboxylic acids is 1. The summed E-state index contributed by atoms with van der Waals surface area (Å²) in [5.41, 5.74) is 2.06. The minimum Gasteiger partial charge on any atom is -0.309 e. The van der Waals surface area contributed by atoms with E-state index in [9.17, 15) is 4.79 Å². The number of hydrogen-bond acceptors (Lipinski definition) is 2. The van der Waals surface area contributed by atoms with Gasteiger partial charge in [-0.3, -0.25) is 9.48 Å². The van der Waals surface area contributed by atoms with Gasteiger partial charge in [0.25, 0.3) is 0 Å². The Kier molecular flexibility index (Phi) is 3.67. The number of amides is 1. The molecule has 0 radical (unpaired) electrons. The molecule has 1 aromatic heterocycles. The summed E-state index contributed by atoms with van der Waals surface area (Å²) in [7, 11) is 0. The molecule has 0 unspecified atom stereocenters. The van der Waals surface area contributed by atoms with E-state index in [0.717, 1.165) is 11.3 Å². The van der Waals surface area contributed by atoms with Crippen molar-refractivity contribution < 1.29 is 4.79 Å². The summed E-state index contributed by atoms with van der Waals surface area (Å²) in [5.74, 6) is 0.449. The van der Waals surface area contributed by atoms with Crippen LogP contribution in [0.15, 0.2) is 30.3 Å². The van der Waals surface area contributed by atoms with E-state index in [1.807, 2.05) is 41.9 Å². The van der Waals surface area contributed by atoms with Crippen molar-refractivity contribution in [1.82, 2.24) is 9.78 Å². The van der Waals surface area contributed by atoms with Crippen LogP contribution in [0.3, 0.4) is 0 Å². The van der Waals surface area contributed by atoms with Crippen LogP contribution in [0.4, 0.5) is 5.82 Å². The predicted octanol–water partition coefficient (Wildman–Crippen LogP) is 2.85. The summed E-state index contributed by atoms with van der Waals surface area (Å²) in [5, 5.41) is 7.69. The Labute approximate surface area is 111 Å². The first kappa shape index (κ1) is 12.6. The maximum atomic E-state index is 11.0. The van der Waals surface area contributed by atoms with Crippen LogP contribution in [-0.2, 0) is 11.3 Å². The van der Waals surface area contributed by atoms with Crippen LogP contribution in [0.25, 0.3) is 0 Å². The Bertz CT molecular complexity index is 577. The molecule has 2 rings (SSSR count). The average Bonchev–Trinajstić information content (AvgIpc) is 2.58. The van der Waals surface area contributed by atoms with Gasteiger partial charge in [-0.05, 0) is 24.6 Å². The minimum atomic E-state index is -0.123. The monoisotopic (exact) mass is 263 g/mol. The number of anilines is 1. The zero-order valence-corrected chi connectivity index (χ0v) is 11.0. The molecule has 4 nitrogen and oxygen atoms in total. The number of nitrogens with zero attached hydrogens (tertiary/aromatic N) is 2. The molecule has 1 heterocycles. The molecule has 1 aromatic carbocycles. The predicted molar refractivity (Wildman–Crippen MR) is 71.8 cm³/mol. The fourth-order valence-corrected chi connectivity index (χ4v) is 1.93. The van der Waals surface area contributed by atoms with Gasteiger partial charge in [0, 0.05) is 23.7 Å². The Hall–Kier alpha value is -1.81. The molecule has 1 N–H and O–H groups in total. The SMILES string of the molecule is CC(=O)Nc1cc(C)n(Cc2cccc(Cl)c2)n1. The van der Waals surface area contributed by atoms with Crippen LogP contribution in [0.1, 0.15) is 18.2 Å². The van der Waals surface area contributed by atoms with Crippen molar-refractivity contribution in [3.05, 3.63) is 46.6 Å². The van der Waals surface area contributed by atoms with Crippen molar-refractivity contribution in [3.8, 4) is 0 Å². The highest BCUT2D eigenvalue weighted by Gasteiger charge is 2.06. The molecule has 0 bridgehead atoms. The molecule has 5 heteroatoms. The molecular weight excluding hydrogens is 250 g/mol. The second-order valence-electron chi connectivity index (χ2n) is 4.14. The lowest BCUT2D eigenvalue weighted by molar-refractivity contribution is -0.114. The fraction of sp³-hybridized carbons (Fsp3) is 0.231. The minimum absolute atomic E-state index is 0.123. The van der Waals surface area contributed by atoms with Crippen molar-refractivity contribution in [3.63, 3.8) is 0 Å². The van der Waals surface area contributed by atoms with Gasteiger partial charge in [-0.25, -0.2) is 0 Å². The lowest BCUT2D eigenvalue weighted by Crippen LogP contribution is -2.08. The van der Waals surface area contributed by atoms with Crippen LogP contribution in [0, 0.1) is 6.92 Å². The zero-order valence-electron chi connectivity index (χ0n) is 10.3. The average molecular weight is 264 g/mol. The molecule has 18 heavy (non-hydrogen) atoms. The molecule has 94 valence electrons. The number of halogens is 1. The van der Waals surface area contributed by atoms with Gasteiger partial charge in [0.1, 0.15) is 0 Å². The fourth-order valence-electron chi connectivity index (χ4n) is 1.72. The van der Waals surface area contributed by atoms with Gasteiger partial charge in [-0.1, -0.05) is 23.7 Å². The van der Waals surface area contributed by atoms with Crippen molar-refractivity contribution in [2.24, 2.45) is 0 Å². The lowest BCUT2D eigenvalue weighted by atomic mass is 10.2. The van der Waals surface area contributed by atoms with Crippen LogP contribution in [0.5, 0.6) is 0 Å². The highest BCUT2D eigenvalue weighted by Crippen LogP contribution is 2.14. The van der Waals surface area contributed by atoms with Crippen LogP contribution < -0.4 is 5.32 Å². The largest absolute Gasteiger partial charge is 0.309 e. The van der Waals surface area contributed by atoms with Crippen LogP contribution in [0.2, 0.25) is 5.02 Å². The second kappa shape index (κ2) is 5.23. The first-order chi connectivity index (χ1) is 8.54. The molecule has 0 aliphatic heterocycles. The van der Waals surface area contributed by atoms with Crippen molar-refractivity contribution in [1.29, 1.82) is 0 Å². The summed E-state index contributed by atoms with van der Waals surface area (Å²) >= 11 is 5.94. The molecule has 0 fully saturated rings. The maximum absolute atomic E-state index is 11.0. The summed E-state index contributed by atoms with van der Waals surface area (Å²) in [6, 6.07) is 9.48. The van der Waals surface area contributed by atoms with Crippen molar-refractivity contribution in [2.45, 2.75) is 20.4 Å². The summed E-state index contributed by atoms with van der Waals surface area (Å²) in [4.78, 5) is 11.0. The maximum Gasteiger partial charge on any atom is 0.222 e. The van der Waals surface area contributed by atoms with Crippen molar-refractivity contribution >= 4 is 23.3 Å². The van der Waals surface area contributed by atoms with Crippen LogP contribution >= 0.6 is 11.6 Å². The third kappa shape index (κ3) is 3.11. The number of benzene rings is 1. The topological polar surface area (TPSA) is 46.9 Å². The van der Waals surface area contributed by atoms with E-state index in [1.165, 1.54) is 6.92 Å². The molecule has 0 saturated carbocycles. The van der Waals surface area contributed by atoms with Gasteiger partial charge >= 0.3 is 0 Å². The second-order valence-corrected chi connectivity index (χ2v) is 4.58. The number of nitrogens with one attached hydrogen (secondary N) is 1. The van der Waals surface area contributed by atoms with E-state index in [0.29, 0.717) is 17.4 Å². The van der Waals surface area contributed by atoms with Crippen LogP contribution in [-0.4, -0.2) is 15.7 Å². The number of carbonyl (C=O) groups is 1. The van der Waals surface area contributed by atoms with Gasteiger partial charge in [0.05, 0.1) is 6.54 Å². The van der Waals surface area contributed by atoms with Gasteiger partial charge in [0.2, 0.25) is 5.91 Å². The zero-order chi connectivity index (χ0) is 13.1. The van der Waals surface area contributed by atoms with Gasteiger partial charge in [-0.2, -0.15) is 5.10 Å². The van der Waals surface area contributed by atoms with Crippen molar-refractivity contribution in [2.75, 3.05) is 5.32 Å². The lowest BCUT2D eigenvalue weighted by Gasteiger charge is -2.04. The number of aryl methyl sites for hydroxylation is 1. The van der Waals surface area contributed by atoms with E-state index < -0.39 is 0 Å². The number of hydrogen-bond donors (Lipinski definition) is 1.